The van der Waals surface area contributed by atoms with Gasteiger partial charge in [0.25, 0.3) is 0 Å². The molecule has 1 rings (SSSR count). The maximum absolute atomic E-state index is 10.0. The highest BCUT2D eigenvalue weighted by Gasteiger charge is 2.22. The summed E-state index contributed by atoms with van der Waals surface area (Å²) in [6.07, 6.45) is 6.34. The van der Waals surface area contributed by atoms with Gasteiger partial charge < -0.3 is 16.2 Å². The van der Waals surface area contributed by atoms with Gasteiger partial charge >= 0.3 is 0 Å². The van der Waals surface area contributed by atoms with Crippen LogP contribution in [-0.4, -0.2) is 29.3 Å². The van der Waals surface area contributed by atoms with E-state index in [1.807, 2.05) is 13.8 Å². The molecule has 0 aromatic rings. The molecule has 0 aliphatic heterocycles. The quantitative estimate of drug-likeness (QED) is 0.491. The Morgan fingerprint density at radius 3 is 2.44 bits per heavy atom. The van der Waals surface area contributed by atoms with Gasteiger partial charge in [0.1, 0.15) is 0 Å². The van der Waals surface area contributed by atoms with Crippen molar-refractivity contribution in [1.29, 1.82) is 0 Å². The summed E-state index contributed by atoms with van der Waals surface area (Å²) in [5.74, 6) is 0.479. The van der Waals surface area contributed by atoms with Crippen molar-refractivity contribution in [3.05, 3.63) is 0 Å². The van der Waals surface area contributed by atoms with Crippen molar-refractivity contribution in [1.82, 2.24) is 5.32 Å². The van der Waals surface area contributed by atoms with Gasteiger partial charge in [-0.1, -0.05) is 26.7 Å². The van der Waals surface area contributed by atoms with Crippen molar-refractivity contribution >= 4 is 5.96 Å². The molecule has 0 bridgehead atoms. The molecule has 1 saturated carbocycles. The number of nitrogens with two attached hydrogens (primary N) is 1. The highest BCUT2D eigenvalue weighted by molar-refractivity contribution is 5.78. The number of hydrogen-bond donors (Lipinski definition) is 3. The Hall–Kier alpha value is -0.770. The van der Waals surface area contributed by atoms with Crippen LogP contribution in [0, 0.1) is 0 Å². The van der Waals surface area contributed by atoms with E-state index in [1.54, 1.807) is 0 Å². The second-order valence-electron chi connectivity index (χ2n) is 4.76. The third-order valence-electron chi connectivity index (χ3n) is 3.57. The summed E-state index contributed by atoms with van der Waals surface area (Å²) in [4.78, 5) is 4.23. The molecule has 0 saturated heterocycles. The highest BCUT2D eigenvalue weighted by Crippen LogP contribution is 2.17. The molecule has 0 aromatic heterocycles. The first-order valence-corrected chi connectivity index (χ1v) is 6.38. The molecular formula is C12H25N3O. The Morgan fingerprint density at radius 2 is 1.94 bits per heavy atom. The van der Waals surface area contributed by atoms with Crippen LogP contribution in [0.25, 0.3) is 0 Å². The highest BCUT2D eigenvalue weighted by atomic mass is 16.3. The van der Waals surface area contributed by atoms with Crippen LogP contribution in [0.3, 0.4) is 0 Å². The van der Waals surface area contributed by atoms with E-state index in [-0.39, 0.29) is 0 Å². The molecule has 1 aliphatic carbocycles. The van der Waals surface area contributed by atoms with Gasteiger partial charge in [-0.3, -0.25) is 4.99 Å². The molecule has 4 nitrogen and oxygen atoms in total. The van der Waals surface area contributed by atoms with Crippen molar-refractivity contribution in [2.45, 2.75) is 64.0 Å². The van der Waals surface area contributed by atoms with Gasteiger partial charge in [0.05, 0.1) is 12.1 Å². The zero-order chi connectivity index (χ0) is 12.0. The maximum Gasteiger partial charge on any atom is 0.188 e. The Morgan fingerprint density at radius 1 is 1.38 bits per heavy atom. The summed E-state index contributed by atoms with van der Waals surface area (Å²) in [6, 6.07) is 0.486. The predicted molar refractivity (Wildman–Crippen MR) is 67.4 cm³/mol. The lowest BCUT2D eigenvalue weighted by Gasteiger charge is -2.23. The van der Waals surface area contributed by atoms with Crippen molar-refractivity contribution < 1.29 is 5.11 Å². The van der Waals surface area contributed by atoms with Crippen LogP contribution < -0.4 is 11.1 Å². The van der Waals surface area contributed by atoms with E-state index in [0.717, 1.165) is 0 Å². The van der Waals surface area contributed by atoms with E-state index < -0.39 is 5.60 Å². The molecule has 0 atom stereocenters. The molecule has 16 heavy (non-hydrogen) atoms. The average molecular weight is 227 g/mol. The van der Waals surface area contributed by atoms with Gasteiger partial charge in [0, 0.05) is 6.04 Å². The molecule has 4 heteroatoms. The molecule has 0 aromatic carbocycles. The van der Waals surface area contributed by atoms with Gasteiger partial charge in [-0.15, -0.1) is 0 Å². The first-order chi connectivity index (χ1) is 7.59. The van der Waals surface area contributed by atoms with Crippen LogP contribution in [0.1, 0.15) is 52.4 Å². The van der Waals surface area contributed by atoms with Crippen LogP contribution in [0.4, 0.5) is 0 Å². The lowest BCUT2D eigenvalue weighted by molar-refractivity contribution is 0.0418. The van der Waals surface area contributed by atoms with Crippen molar-refractivity contribution in [3.63, 3.8) is 0 Å². The van der Waals surface area contributed by atoms with E-state index in [9.17, 15) is 5.11 Å². The Labute approximate surface area is 98.3 Å². The standard InChI is InChI=1S/C12H25N3O/c1-3-12(16,4-2)9-14-11(13)15-10-7-5-6-8-10/h10,16H,3-9H2,1-2H3,(H3,13,14,15). The number of guanidine groups is 1. The smallest absolute Gasteiger partial charge is 0.188 e. The monoisotopic (exact) mass is 227 g/mol. The minimum absolute atomic E-state index is 0.394. The van der Waals surface area contributed by atoms with E-state index in [0.29, 0.717) is 31.4 Å². The lowest BCUT2D eigenvalue weighted by atomic mass is 9.98. The molecular weight excluding hydrogens is 202 g/mol. The maximum atomic E-state index is 10.0. The normalized spacial score (nSPS) is 19.1. The number of nitrogens with zero attached hydrogens (tertiary/aromatic N) is 1. The summed E-state index contributed by atoms with van der Waals surface area (Å²) >= 11 is 0. The second kappa shape index (κ2) is 6.09. The van der Waals surface area contributed by atoms with E-state index >= 15 is 0 Å². The molecule has 0 amide bonds. The summed E-state index contributed by atoms with van der Waals surface area (Å²) in [6.45, 7) is 4.34. The van der Waals surface area contributed by atoms with Gasteiger partial charge in [0.15, 0.2) is 5.96 Å². The Bertz CT molecular complexity index is 230. The van der Waals surface area contributed by atoms with E-state index in [2.05, 4.69) is 10.3 Å². The van der Waals surface area contributed by atoms with Crippen LogP contribution in [0.2, 0.25) is 0 Å². The summed E-state index contributed by atoms with van der Waals surface area (Å²) in [5, 5.41) is 13.3. The molecule has 1 fully saturated rings. The fourth-order valence-corrected chi connectivity index (χ4v) is 2.03. The lowest BCUT2D eigenvalue weighted by Crippen LogP contribution is -2.40. The van der Waals surface area contributed by atoms with E-state index in [1.165, 1.54) is 25.7 Å². The zero-order valence-corrected chi connectivity index (χ0v) is 10.5. The predicted octanol–water partition coefficient (Wildman–Crippen LogP) is 1.38. The van der Waals surface area contributed by atoms with Crippen LogP contribution in [0.5, 0.6) is 0 Å². The topological polar surface area (TPSA) is 70.6 Å². The number of rotatable bonds is 5. The SMILES string of the molecule is CCC(O)(CC)CN=C(N)NC1CCCC1. The van der Waals surface area contributed by atoms with Gasteiger partial charge in [-0.2, -0.15) is 0 Å². The number of aliphatic hydroxyl groups is 1. The summed E-state index contributed by atoms with van der Waals surface area (Å²) in [7, 11) is 0. The number of aliphatic imine (C=N–C) groups is 1. The molecule has 0 radical (unpaired) electrons. The third kappa shape index (κ3) is 4.00. The van der Waals surface area contributed by atoms with Gasteiger partial charge in [-0.25, -0.2) is 0 Å². The van der Waals surface area contributed by atoms with Crippen molar-refractivity contribution in [2.24, 2.45) is 10.7 Å². The second-order valence-corrected chi connectivity index (χ2v) is 4.76. The molecule has 0 heterocycles. The van der Waals surface area contributed by atoms with E-state index in [4.69, 9.17) is 5.73 Å². The third-order valence-corrected chi connectivity index (χ3v) is 3.57. The summed E-state index contributed by atoms with van der Waals surface area (Å²) in [5.41, 5.74) is 5.11. The van der Waals surface area contributed by atoms with Gasteiger partial charge in [0.2, 0.25) is 0 Å². The molecule has 0 spiro atoms. The molecule has 0 unspecified atom stereocenters. The number of hydrogen-bond acceptors (Lipinski definition) is 2. The Kier molecular flexibility index (Phi) is 5.06. The summed E-state index contributed by atoms with van der Waals surface area (Å²) < 4.78 is 0. The van der Waals surface area contributed by atoms with Crippen LogP contribution in [-0.2, 0) is 0 Å². The van der Waals surface area contributed by atoms with Crippen LogP contribution >= 0.6 is 0 Å². The first kappa shape index (κ1) is 13.3. The molecule has 1 aliphatic rings. The van der Waals surface area contributed by atoms with Gasteiger partial charge in [-0.05, 0) is 25.7 Å². The molecule has 4 N–H and O–H groups in total. The zero-order valence-electron chi connectivity index (χ0n) is 10.5. The largest absolute Gasteiger partial charge is 0.388 e. The van der Waals surface area contributed by atoms with Crippen molar-refractivity contribution in [3.8, 4) is 0 Å². The van der Waals surface area contributed by atoms with Crippen LogP contribution in [0.15, 0.2) is 4.99 Å². The minimum atomic E-state index is -0.692. The number of nitrogens with one attached hydrogen (secondary N) is 1. The molecule has 94 valence electrons. The first-order valence-electron chi connectivity index (χ1n) is 6.38. The Balaban J connectivity index is 2.37. The fraction of sp³-hybridized carbons (Fsp3) is 0.917. The minimum Gasteiger partial charge on any atom is -0.388 e. The fourth-order valence-electron chi connectivity index (χ4n) is 2.03. The average Bonchev–Trinajstić information content (AvgIpc) is 2.79. The van der Waals surface area contributed by atoms with Crippen molar-refractivity contribution in [2.75, 3.05) is 6.54 Å².